The van der Waals surface area contributed by atoms with Crippen molar-refractivity contribution in [3.63, 3.8) is 0 Å². The minimum absolute atomic E-state index is 0.0835. The van der Waals surface area contributed by atoms with Crippen LogP contribution in [0.1, 0.15) is 37.4 Å². The van der Waals surface area contributed by atoms with Crippen molar-refractivity contribution in [1.82, 2.24) is 4.90 Å². The summed E-state index contributed by atoms with van der Waals surface area (Å²) in [7, 11) is 3.99. The molecular formula is C15H23NO2. The molecular weight excluding hydrogens is 226 g/mol. The molecule has 0 aliphatic carbocycles. The predicted molar refractivity (Wildman–Crippen MR) is 73.5 cm³/mol. The van der Waals surface area contributed by atoms with Gasteiger partial charge in [-0.15, -0.1) is 0 Å². The Morgan fingerprint density at radius 2 is 1.94 bits per heavy atom. The Kier molecular flexibility index (Phi) is 5.86. The molecule has 1 aromatic carbocycles. The van der Waals surface area contributed by atoms with E-state index >= 15 is 0 Å². The predicted octanol–water partition coefficient (Wildman–Crippen LogP) is 2.80. The van der Waals surface area contributed by atoms with Gasteiger partial charge in [0.1, 0.15) is 0 Å². The van der Waals surface area contributed by atoms with Crippen molar-refractivity contribution < 1.29 is 9.53 Å². The number of esters is 1. The fourth-order valence-electron chi connectivity index (χ4n) is 2.13. The van der Waals surface area contributed by atoms with Crippen LogP contribution in [0.2, 0.25) is 0 Å². The quantitative estimate of drug-likeness (QED) is 0.726. The molecule has 0 saturated heterocycles. The summed E-state index contributed by atoms with van der Waals surface area (Å²) in [5.74, 6) is -0.137. The third-order valence-electron chi connectivity index (χ3n) is 3.08. The molecule has 0 bridgehead atoms. The first kappa shape index (κ1) is 14.7. The zero-order valence-corrected chi connectivity index (χ0v) is 11.8. The van der Waals surface area contributed by atoms with Gasteiger partial charge in [0, 0.05) is 6.04 Å². The molecule has 0 saturated carbocycles. The lowest BCUT2D eigenvalue weighted by Gasteiger charge is -2.26. The van der Waals surface area contributed by atoms with Gasteiger partial charge in [-0.25, -0.2) is 0 Å². The second kappa shape index (κ2) is 7.17. The maximum atomic E-state index is 11.7. The molecule has 0 amide bonds. The lowest BCUT2D eigenvalue weighted by Crippen LogP contribution is -2.24. The minimum Gasteiger partial charge on any atom is -0.466 e. The molecule has 0 N–H and O–H groups in total. The average Bonchev–Trinajstić information content (AvgIpc) is 2.36. The molecule has 0 radical (unpaired) electrons. The van der Waals surface area contributed by atoms with E-state index in [0.717, 1.165) is 6.42 Å². The second-order valence-electron chi connectivity index (χ2n) is 4.54. The second-order valence-corrected chi connectivity index (χ2v) is 4.54. The topological polar surface area (TPSA) is 29.5 Å². The van der Waals surface area contributed by atoms with E-state index in [1.54, 1.807) is 0 Å². The van der Waals surface area contributed by atoms with Crippen LogP contribution >= 0.6 is 0 Å². The highest BCUT2D eigenvalue weighted by Crippen LogP contribution is 2.26. The highest BCUT2D eigenvalue weighted by molar-refractivity contribution is 5.70. The van der Waals surface area contributed by atoms with E-state index in [4.69, 9.17) is 4.74 Å². The molecule has 18 heavy (non-hydrogen) atoms. The number of nitrogens with zero attached hydrogens (tertiary/aromatic N) is 1. The first-order chi connectivity index (χ1) is 8.60. The average molecular weight is 249 g/mol. The molecule has 100 valence electrons. The van der Waals surface area contributed by atoms with Crippen molar-refractivity contribution in [3.05, 3.63) is 35.4 Å². The molecule has 1 aromatic rings. The van der Waals surface area contributed by atoms with E-state index < -0.39 is 0 Å². The molecule has 0 aliphatic heterocycles. The Morgan fingerprint density at radius 3 is 2.50 bits per heavy atom. The van der Waals surface area contributed by atoms with Crippen LogP contribution in [0.3, 0.4) is 0 Å². The summed E-state index contributed by atoms with van der Waals surface area (Å²) >= 11 is 0. The van der Waals surface area contributed by atoms with E-state index in [-0.39, 0.29) is 12.0 Å². The number of carbonyl (C=O) groups excluding carboxylic acids is 1. The number of hydrogen-bond donors (Lipinski definition) is 0. The number of aryl methyl sites for hydroxylation is 1. The van der Waals surface area contributed by atoms with Gasteiger partial charge in [0.15, 0.2) is 0 Å². The van der Waals surface area contributed by atoms with E-state index in [1.807, 2.05) is 33.2 Å². The summed E-state index contributed by atoms with van der Waals surface area (Å²) in [5.41, 5.74) is 2.51. The van der Waals surface area contributed by atoms with Crippen LogP contribution in [0.4, 0.5) is 0 Å². The van der Waals surface area contributed by atoms with Crippen LogP contribution in [0.15, 0.2) is 24.3 Å². The molecule has 3 nitrogen and oxygen atoms in total. The fourth-order valence-corrected chi connectivity index (χ4v) is 2.13. The van der Waals surface area contributed by atoms with Gasteiger partial charge in [0.2, 0.25) is 0 Å². The largest absolute Gasteiger partial charge is 0.466 e. The summed E-state index contributed by atoms with van der Waals surface area (Å²) in [6, 6.07) is 8.37. The number of ether oxygens (including phenoxy) is 1. The number of rotatable bonds is 6. The Bertz CT molecular complexity index is 388. The first-order valence-electron chi connectivity index (χ1n) is 6.50. The SMILES string of the molecule is CCOC(=O)CC(c1ccccc1CC)N(C)C. The van der Waals surface area contributed by atoms with Gasteiger partial charge in [0.25, 0.3) is 0 Å². The molecule has 0 spiro atoms. The third-order valence-corrected chi connectivity index (χ3v) is 3.08. The Labute approximate surface area is 110 Å². The van der Waals surface area contributed by atoms with Crippen LogP contribution in [-0.2, 0) is 16.0 Å². The first-order valence-corrected chi connectivity index (χ1v) is 6.50. The highest BCUT2D eigenvalue weighted by Gasteiger charge is 2.20. The van der Waals surface area contributed by atoms with Gasteiger partial charge in [-0.05, 0) is 38.6 Å². The Balaban J connectivity index is 2.94. The molecule has 0 heterocycles. The zero-order valence-electron chi connectivity index (χ0n) is 11.8. The minimum atomic E-state index is -0.137. The van der Waals surface area contributed by atoms with Gasteiger partial charge in [-0.1, -0.05) is 31.2 Å². The van der Waals surface area contributed by atoms with Gasteiger partial charge in [-0.2, -0.15) is 0 Å². The summed E-state index contributed by atoms with van der Waals surface area (Å²) in [4.78, 5) is 13.8. The molecule has 0 aromatic heterocycles. The van der Waals surface area contributed by atoms with Crippen molar-refractivity contribution in [3.8, 4) is 0 Å². The summed E-state index contributed by atoms with van der Waals surface area (Å²) in [6.45, 7) is 4.41. The Morgan fingerprint density at radius 1 is 1.28 bits per heavy atom. The van der Waals surface area contributed by atoms with Crippen LogP contribution in [0.25, 0.3) is 0 Å². The van der Waals surface area contributed by atoms with E-state index in [2.05, 4.69) is 24.0 Å². The molecule has 0 aliphatic rings. The van der Waals surface area contributed by atoms with E-state index in [0.29, 0.717) is 13.0 Å². The van der Waals surface area contributed by atoms with E-state index in [9.17, 15) is 4.79 Å². The summed E-state index contributed by atoms with van der Waals surface area (Å²) < 4.78 is 5.05. The van der Waals surface area contributed by atoms with Crippen LogP contribution in [0, 0.1) is 0 Å². The van der Waals surface area contributed by atoms with Crippen LogP contribution in [0.5, 0.6) is 0 Å². The standard InChI is InChI=1S/C15H23NO2/c1-5-12-9-7-8-10-13(12)14(16(3)4)11-15(17)18-6-2/h7-10,14H,5-6,11H2,1-4H3. The lowest BCUT2D eigenvalue weighted by atomic mass is 9.96. The molecule has 1 unspecified atom stereocenters. The van der Waals surface area contributed by atoms with Gasteiger partial charge >= 0.3 is 5.97 Å². The molecule has 1 atom stereocenters. The summed E-state index contributed by atoms with van der Waals surface area (Å²) in [6.07, 6.45) is 1.38. The number of hydrogen-bond acceptors (Lipinski definition) is 3. The monoisotopic (exact) mass is 249 g/mol. The lowest BCUT2D eigenvalue weighted by molar-refractivity contribution is -0.144. The van der Waals surface area contributed by atoms with E-state index in [1.165, 1.54) is 11.1 Å². The smallest absolute Gasteiger partial charge is 0.307 e. The van der Waals surface area contributed by atoms with Gasteiger partial charge in [-0.3, -0.25) is 4.79 Å². The molecule has 3 heteroatoms. The normalized spacial score (nSPS) is 12.5. The summed E-state index contributed by atoms with van der Waals surface area (Å²) in [5, 5.41) is 0. The maximum absolute atomic E-state index is 11.7. The zero-order chi connectivity index (χ0) is 13.5. The van der Waals surface area contributed by atoms with Crippen molar-refractivity contribution in [2.24, 2.45) is 0 Å². The Hall–Kier alpha value is -1.35. The maximum Gasteiger partial charge on any atom is 0.307 e. The van der Waals surface area contributed by atoms with Crippen LogP contribution in [-0.4, -0.2) is 31.6 Å². The fraction of sp³-hybridized carbons (Fsp3) is 0.533. The third kappa shape index (κ3) is 3.84. The van der Waals surface area contributed by atoms with Gasteiger partial charge in [0.05, 0.1) is 13.0 Å². The van der Waals surface area contributed by atoms with Crippen molar-refractivity contribution in [2.75, 3.05) is 20.7 Å². The van der Waals surface area contributed by atoms with Crippen molar-refractivity contribution in [1.29, 1.82) is 0 Å². The van der Waals surface area contributed by atoms with Crippen molar-refractivity contribution in [2.45, 2.75) is 32.7 Å². The van der Waals surface area contributed by atoms with Crippen molar-refractivity contribution >= 4 is 5.97 Å². The van der Waals surface area contributed by atoms with Gasteiger partial charge < -0.3 is 9.64 Å². The number of benzene rings is 1. The molecule has 0 fully saturated rings. The highest BCUT2D eigenvalue weighted by atomic mass is 16.5. The number of carbonyl (C=O) groups is 1. The van der Waals surface area contributed by atoms with Crippen LogP contribution < -0.4 is 0 Å². The molecule has 1 rings (SSSR count).